The number of para-hydroxylation sites is 1. The van der Waals surface area contributed by atoms with Crippen LogP contribution in [0.25, 0.3) is 0 Å². The van der Waals surface area contributed by atoms with Crippen molar-refractivity contribution in [2.24, 2.45) is 0 Å². The molecule has 0 fully saturated rings. The Balaban J connectivity index is 2.20. The minimum absolute atomic E-state index is 0.0826. The van der Waals surface area contributed by atoms with Gasteiger partial charge in [-0.15, -0.1) is 0 Å². The molecule has 0 aliphatic rings. The molecule has 20 heavy (non-hydrogen) atoms. The number of benzene rings is 1. The van der Waals surface area contributed by atoms with E-state index < -0.39 is 0 Å². The molecule has 0 atom stereocenters. The summed E-state index contributed by atoms with van der Waals surface area (Å²) < 4.78 is 0. The second kappa shape index (κ2) is 6.85. The maximum atomic E-state index is 11.0. The predicted octanol–water partition coefficient (Wildman–Crippen LogP) is 3.36. The van der Waals surface area contributed by atoms with Crippen LogP contribution in [0.1, 0.15) is 13.3 Å². The Morgan fingerprint density at radius 2 is 2.15 bits per heavy atom. The lowest BCUT2D eigenvalue weighted by Crippen LogP contribution is -2.04. The summed E-state index contributed by atoms with van der Waals surface area (Å²) in [5.74, 6) is 0.537. The van der Waals surface area contributed by atoms with Crippen LogP contribution in [0.4, 0.5) is 11.6 Å². The second-order valence-corrected chi connectivity index (χ2v) is 5.03. The zero-order valence-corrected chi connectivity index (χ0v) is 11.8. The molecular formula is C13H14N4O2S. The molecule has 0 saturated carbocycles. The molecule has 1 aromatic carbocycles. The highest BCUT2D eigenvalue weighted by atomic mass is 32.2. The number of rotatable bonds is 6. The molecule has 1 N–H and O–H groups in total. The average molecular weight is 290 g/mol. The number of nitro groups is 1. The van der Waals surface area contributed by atoms with Gasteiger partial charge in [-0.2, -0.15) is 0 Å². The van der Waals surface area contributed by atoms with Gasteiger partial charge in [-0.1, -0.05) is 30.8 Å². The van der Waals surface area contributed by atoms with Gasteiger partial charge in [0.2, 0.25) is 5.95 Å². The quantitative estimate of drug-likeness (QED) is 0.499. The standard InChI is InChI=1S/C13H14N4O2S/c1-2-8-14-13-15-9-7-12(16-13)20-11-6-4-3-5-10(11)17(18)19/h3-7,9H,2,8H2,1H3,(H,14,15,16). The molecule has 2 rings (SSSR count). The van der Waals surface area contributed by atoms with Crippen molar-refractivity contribution in [2.45, 2.75) is 23.3 Å². The Kier molecular flexibility index (Phi) is 4.89. The molecule has 0 amide bonds. The molecule has 0 aliphatic carbocycles. The van der Waals surface area contributed by atoms with Crippen molar-refractivity contribution in [1.29, 1.82) is 0 Å². The summed E-state index contributed by atoms with van der Waals surface area (Å²) in [7, 11) is 0. The predicted molar refractivity (Wildman–Crippen MR) is 78.0 cm³/mol. The number of nitrogens with one attached hydrogen (secondary N) is 1. The third-order valence-electron chi connectivity index (χ3n) is 2.44. The van der Waals surface area contributed by atoms with E-state index >= 15 is 0 Å². The SMILES string of the molecule is CCCNc1nccc(Sc2ccccc2[N+](=O)[O-])n1. The zero-order valence-electron chi connectivity index (χ0n) is 10.9. The van der Waals surface area contributed by atoms with Gasteiger partial charge in [-0.25, -0.2) is 9.97 Å². The van der Waals surface area contributed by atoms with Gasteiger partial charge in [0.25, 0.3) is 5.69 Å². The van der Waals surface area contributed by atoms with E-state index in [1.54, 1.807) is 30.5 Å². The molecule has 6 nitrogen and oxygen atoms in total. The summed E-state index contributed by atoms with van der Waals surface area (Å²) >= 11 is 1.26. The Morgan fingerprint density at radius 3 is 2.90 bits per heavy atom. The van der Waals surface area contributed by atoms with Crippen molar-refractivity contribution in [3.8, 4) is 0 Å². The maximum absolute atomic E-state index is 11.0. The van der Waals surface area contributed by atoms with E-state index in [2.05, 4.69) is 22.2 Å². The first-order chi connectivity index (χ1) is 9.70. The van der Waals surface area contributed by atoms with E-state index in [1.807, 2.05) is 0 Å². The summed E-state index contributed by atoms with van der Waals surface area (Å²) in [5.41, 5.74) is 0.0826. The molecule has 0 spiro atoms. The van der Waals surface area contributed by atoms with Gasteiger partial charge < -0.3 is 5.32 Å². The molecule has 0 unspecified atom stereocenters. The number of hydrogen-bond donors (Lipinski definition) is 1. The van der Waals surface area contributed by atoms with Crippen LogP contribution in [0.3, 0.4) is 0 Å². The highest BCUT2D eigenvalue weighted by molar-refractivity contribution is 7.99. The minimum Gasteiger partial charge on any atom is -0.354 e. The Morgan fingerprint density at radius 1 is 1.35 bits per heavy atom. The van der Waals surface area contributed by atoms with Gasteiger partial charge in [-0.05, 0) is 18.6 Å². The molecule has 1 heterocycles. The summed E-state index contributed by atoms with van der Waals surface area (Å²) in [5, 5.41) is 14.7. The van der Waals surface area contributed by atoms with E-state index in [4.69, 9.17) is 0 Å². The van der Waals surface area contributed by atoms with Crippen molar-refractivity contribution >= 4 is 23.4 Å². The topological polar surface area (TPSA) is 81.0 Å². The van der Waals surface area contributed by atoms with Crippen LogP contribution >= 0.6 is 11.8 Å². The van der Waals surface area contributed by atoms with Crippen molar-refractivity contribution < 1.29 is 4.92 Å². The molecule has 104 valence electrons. The summed E-state index contributed by atoms with van der Waals surface area (Å²) in [4.78, 5) is 19.6. The van der Waals surface area contributed by atoms with Gasteiger partial charge in [-0.3, -0.25) is 10.1 Å². The lowest BCUT2D eigenvalue weighted by molar-refractivity contribution is -0.387. The highest BCUT2D eigenvalue weighted by Gasteiger charge is 2.14. The molecule has 2 aromatic rings. The van der Waals surface area contributed by atoms with E-state index in [0.717, 1.165) is 13.0 Å². The number of anilines is 1. The Labute approximate surface area is 120 Å². The van der Waals surface area contributed by atoms with Gasteiger partial charge in [0.1, 0.15) is 5.03 Å². The van der Waals surface area contributed by atoms with Crippen LogP contribution in [0.15, 0.2) is 46.5 Å². The second-order valence-electron chi connectivity index (χ2n) is 3.97. The number of hydrogen-bond acceptors (Lipinski definition) is 6. The fourth-order valence-electron chi connectivity index (χ4n) is 1.53. The van der Waals surface area contributed by atoms with Crippen LogP contribution < -0.4 is 5.32 Å². The molecule has 0 aliphatic heterocycles. The summed E-state index contributed by atoms with van der Waals surface area (Å²) in [6, 6.07) is 8.35. The smallest absolute Gasteiger partial charge is 0.283 e. The van der Waals surface area contributed by atoms with E-state index in [0.29, 0.717) is 15.9 Å². The van der Waals surface area contributed by atoms with Gasteiger partial charge in [0, 0.05) is 18.8 Å². The first-order valence-electron chi connectivity index (χ1n) is 6.19. The van der Waals surface area contributed by atoms with Crippen LogP contribution in [0, 0.1) is 10.1 Å². The lowest BCUT2D eigenvalue weighted by atomic mass is 10.3. The van der Waals surface area contributed by atoms with E-state index in [1.165, 1.54) is 17.8 Å². The van der Waals surface area contributed by atoms with Crippen molar-refractivity contribution in [2.75, 3.05) is 11.9 Å². The van der Waals surface area contributed by atoms with Crippen molar-refractivity contribution in [3.63, 3.8) is 0 Å². The van der Waals surface area contributed by atoms with Crippen molar-refractivity contribution in [1.82, 2.24) is 9.97 Å². The average Bonchev–Trinajstić information content (AvgIpc) is 2.46. The van der Waals surface area contributed by atoms with Crippen LogP contribution in [-0.2, 0) is 0 Å². The fourth-order valence-corrected chi connectivity index (χ4v) is 2.41. The third kappa shape index (κ3) is 3.67. The first-order valence-corrected chi connectivity index (χ1v) is 7.00. The van der Waals surface area contributed by atoms with Crippen LogP contribution in [0.5, 0.6) is 0 Å². The maximum Gasteiger partial charge on any atom is 0.283 e. The lowest BCUT2D eigenvalue weighted by Gasteiger charge is -2.05. The zero-order chi connectivity index (χ0) is 14.4. The Hall–Kier alpha value is -2.15. The normalized spacial score (nSPS) is 10.2. The van der Waals surface area contributed by atoms with Crippen LogP contribution in [0.2, 0.25) is 0 Å². The molecule has 0 bridgehead atoms. The minimum atomic E-state index is -0.389. The van der Waals surface area contributed by atoms with E-state index in [-0.39, 0.29) is 10.6 Å². The number of aromatic nitrogens is 2. The monoisotopic (exact) mass is 290 g/mol. The summed E-state index contributed by atoms with van der Waals surface area (Å²) in [6.45, 7) is 2.85. The van der Waals surface area contributed by atoms with Gasteiger partial charge in [0.15, 0.2) is 0 Å². The van der Waals surface area contributed by atoms with E-state index in [9.17, 15) is 10.1 Å². The molecule has 7 heteroatoms. The number of nitro benzene ring substituents is 1. The molecule has 1 aromatic heterocycles. The summed E-state index contributed by atoms with van der Waals surface area (Å²) in [6.07, 6.45) is 2.62. The van der Waals surface area contributed by atoms with Crippen LogP contribution in [-0.4, -0.2) is 21.4 Å². The highest BCUT2D eigenvalue weighted by Crippen LogP contribution is 2.33. The molecular weight excluding hydrogens is 276 g/mol. The fraction of sp³-hybridized carbons (Fsp3) is 0.231. The molecule has 0 saturated heterocycles. The Bertz CT molecular complexity index is 606. The largest absolute Gasteiger partial charge is 0.354 e. The van der Waals surface area contributed by atoms with Crippen molar-refractivity contribution in [3.05, 3.63) is 46.6 Å². The third-order valence-corrected chi connectivity index (χ3v) is 3.44. The molecule has 0 radical (unpaired) electrons. The van der Waals surface area contributed by atoms with Gasteiger partial charge in [0.05, 0.1) is 9.82 Å². The number of nitrogens with zero attached hydrogens (tertiary/aromatic N) is 3. The first kappa shape index (κ1) is 14.3. The van der Waals surface area contributed by atoms with Gasteiger partial charge >= 0.3 is 0 Å².